The maximum Gasteiger partial charge on any atom is 0.408 e. The molecule has 1 aliphatic rings. The zero-order valence-electron chi connectivity index (χ0n) is 15.1. The van der Waals surface area contributed by atoms with Crippen molar-refractivity contribution in [2.75, 3.05) is 0 Å². The summed E-state index contributed by atoms with van der Waals surface area (Å²) in [7, 11) is 0. The van der Waals surface area contributed by atoms with Crippen LogP contribution in [0.5, 0.6) is 0 Å². The molecular weight excluding hydrogens is 355 g/mol. The largest absolute Gasteiger partial charge is 0.438 e. The zero-order chi connectivity index (χ0) is 19.6. The summed E-state index contributed by atoms with van der Waals surface area (Å²) in [5.74, 6) is 5.66. The third-order valence-electron chi connectivity index (χ3n) is 4.69. The Labute approximate surface area is 162 Å². The highest BCUT2D eigenvalue weighted by atomic mass is 19.1. The second-order valence-electron chi connectivity index (χ2n) is 6.66. The summed E-state index contributed by atoms with van der Waals surface area (Å²) in [6.45, 7) is 1.77. The van der Waals surface area contributed by atoms with Crippen LogP contribution in [0.1, 0.15) is 35.5 Å². The third kappa shape index (κ3) is 3.33. The quantitative estimate of drug-likeness (QED) is 0.682. The van der Waals surface area contributed by atoms with Gasteiger partial charge in [-0.25, -0.2) is 14.2 Å². The average Bonchev–Trinajstić information content (AvgIpc) is 3.03. The van der Waals surface area contributed by atoms with Gasteiger partial charge in [-0.1, -0.05) is 48.4 Å². The minimum Gasteiger partial charge on any atom is -0.438 e. The SMILES string of the molecule is C[C@]1(c2cccc(C#Cc3ccccc3)n2)NC(=O)O[C@@H]1c1ccccc1F. The van der Waals surface area contributed by atoms with Gasteiger partial charge in [-0.3, -0.25) is 0 Å². The van der Waals surface area contributed by atoms with Gasteiger partial charge in [0.1, 0.15) is 17.1 Å². The highest BCUT2D eigenvalue weighted by molar-refractivity contribution is 5.72. The van der Waals surface area contributed by atoms with Gasteiger partial charge in [0, 0.05) is 11.1 Å². The molecule has 0 bridgehead atoms. The van der Waals surface area contributed by atoms with E-state index in [9.17, 15) is 9.18 Å². The normalized spacial score (nSPS) is 20.6. The predicted octanol–water partition coefficient (Wildman–Crippen LogP) is 4.32. The fourth-order valence-corrected chi connectivity index (χ4v) is 3.24. The van der Waals surface area contributed by atoms with Crippen LogP contribution in [0.2, 0.25) is 0 Å². The number of rotatable bonds is 2. The second kappa shape index (κ2) is 7.16. The third-order valence-corrected chi connectivity index (χ3v) is 4.69. The predicted molar refractivity (Wildman–Crippen MR) is 103 cm³/mol. The Kier molecular flexibility index (Phi) is 4.54. The number of alkyl carbamates (subject to hydrolysis) is 1. The van der Waals surface area contributed by atoms with Crippen molar-refractivity contribution in [2.24, 2.45) is 0 Å². The van der Waals surface area contributed by atoms with Gasteiger partial charge in [-0.15, -0.1) is 0 Å². The van der Waals surface area contributed by atoms with E-state index < -0.39 is 23.6 Å². The molecule has 2 heterocycles. The lowest BCUT2D eigenvalue weighted by molar-refractivity contribution is 0.109. The Morgan fingerprint density at radius 1 is 1.00 bits per heavy atom. The van der Waals surface area contributed by atoms with Crippen LogP contribution >= 0.6 is 0 Å². The van der Waals surface area contributed by atoms with E-state index in [1.807, 2.05) is 36.4 Å². The molecule has 1 aromatic heterocycles. The lowest BCUT2D eigenvalue weighted by atomic mass is 9.86. The number of nitrogens with zero attached hydrogens (tertiary/aromatic N) is 1. The molecule has 0 radical (unpaired) electrons. The van der Waals surface area contributed by atoms with Crippen molar-refractivity contribution in [2.45, 2.75) is 18.6 Å². The molecule has 1 amide bonds. The van der Waals surface area contributed by atoms with Crippen LogP contribution in [-0.4, -0.2) is 11.1 Å². The summed E-state index contributed by atoms with van der Waals surface area (Å²) >= 11 is 0. The summed E-state index contributed by atoms with van der Waals surface area (Å²) in [6, 6.07) is 21.2. The Morgan fingerprint density at radius 2 is 1.75 bits per heavy atom. The van der Waals surface area contributed by atoms with E-state index in [0.29, 0.717) is 17.0 Å². The fraction of sp³-hybridized carbons (Fsp3) is 0.130. The number of aromatic nitrogens is 1. The first kappa shape index (κ1) is 17.7. The van der Waals surface area contributed by atoms with Gasteiger partial charge in [0.05, 0.1) is 5.69 Å². The van der Waals surface area contributed by atoms with Crippen LogP contribution in [0.4, 0.5) is 9.18 Å². The minimum absolute atomic E-state index is 0.297. The molecule has 1 aliphatic heterocycles. The molecule has 4 rings (SSSR count). The van der Waals surface area contributed by atoms with Gasteiger partial charge in [-0.2, -0.15) is 0 Å². The number of nitrogens with one attached hydrogen (secondary N) is 1. The number of carbonyl (C=O) groups excluding carboxylic acids is 1. The van der Waals surface area contributed by atoms with Crippen LogP contribution in [0.25, 0.3) is 0 Å². The van der Waals surface area contributed by atoms with E-state index in [1.165, 1.54) is 6.07 Å². The Bertz CT molecular complexity index is 1090. The standard InChI is InChI=1S/C23H17FN2O2/c1-23(21(28-22(27)26-23)18-11-5-6-12-19(18)24)20-13-7-10-17(25-20)15-14-16-8-3-2-4-9-16/h2-13,21H,1H3,(H,26,27)/t21-,23-/m1/s1. The van der Waals surface area contributed by atoms with Gasteiger partial charge in [0.25, 0.3) is 0 Å². The molecule has 1 saturated heterocycles. The van der Waals surface area contributed by atoms with Crippen molar-refractivity contribution in [3.05, 3.63) is 101 Å². The highest BCUT2D eigenvalue weighted by Gasteiger charge is 2.49. The van der Waals surface area contributed by atoms with Crippen LogP contribution < -0.4 is 5.32 Å². The van der Waals surface area contributed by atoms with Gasteiger partial charge in [0.2, 0.25) is 0 Å². The van der Waals surface area contributed by atoms with Crippen LogP contribution in [0.15, 0.2) is 72.8 Å². The number of hydrogen-bond acceptors (Lipinski definition) is 3. The molecule has 28 heavy (non-hydrogen) atoms. The van der Waals surface area contributed by atoms with E-state index in [-0.39, 0.29) is 0 Å². The molecular formula is C23H17FN2O2. The van der Waals surface area contributed by atoms with Crippen LogP contribution in [0, 0.1) is 17.7 Å². The second-order valence-corrected chi connectivity index (χ2v) is 6.66. The number of carbonyl (C=O) groups is 1. The fourth-order valence-electron chi connectivity index (χ4n) is 3.24. The first-order valence-electron chi connectivity index (χ1n) is 8.84. The summed E-state index contributed by atoms with van der Waals surface area (Å²) in [4.78, 5) is 16.6. The lowest BCUT2D eigenvalue weighted by Gasteiger charge is -2.28. The van der Waals surface area contributed by atoms with E-state index in [0.717, 1.165) is 5.56 Å². The van der Waals surface area contributed by atoms with Crippen molar-refractivity contribution >= 4 is 6.09 Å². The molecule has 1 N–H and O–H groups in total. The number of hydrogen-bond donors (Lipinski definition) is 1. The summed E-state index contributed by atoms with van der Waals surface area (Å²) in [5, 5.41) is 2.78. The van der Waals surface area contributed by atoms with Gasteiger partial charge >= 0.3 is 6.09 Å². The average molecular weight is 372 g/mol. The molecule has 0 saturated carbocycles. The Balaban J connectivity index is 1.72. The maximum atomic E-state index is 14.4. The first-order chi connectivity index (χ1) is 13.6. The van der Waals surface area contributed by atoms with Gasteiger partial charge in [-0.05, 0) is 43.2 Å². The zero-order valence-corrected chi connectivity index (χ0v) is 15.1. The van der Waals surface area contributed by atoms with E-state index in [2.05, 4.69) is 22.1 Å². The first-order valence-corrected chi connectivity index (χ1v) is 8.84. The molecule has 2 atom stereocenters. The summed E-state index contributed by atoms with van der Waals surface area (Å²) in [5.41, 5.74) is 1.25. The number of pyridine rings is 1. The maximum absolute atomic E-state index is 14.4. The number of benzene rings is 2. The van der Waals surface area contributed by atoms with Crippen molar-refractivity contribution in [3.8, 4) is 11.8 Å². The van der Waals surface area contributed by atoms with Gasteiger partial charge in [0.15, 0.2) is 6.10 Å². The van der Waals surface area contributed by atoms with E-state index >= 15 is 0 Å². The number of amides is 1. The molecule has 1 fully saturated rings. The number of halogens is 1. The smallest absolute Gasteiger partial charge is 0.408 e. The summed E-state index contributed by atoms with van der Waals surface area (Å²) in [6.07, 6.45) is -1.45. The van der Waals surface area contributed by atoms with Crippen molar-refractivity contribution in [1.82, 2.24) is 10.3 Å². The lowest BCUT2D eigenvalue weighted by Crippen LogP contribution is -2.40. The molecule has 5 heteroatoms. The summed E-state index contributed by atoms with van der Waals surface area (Å²) < 4.78 is 19.8. The van der Waals surface area contributed by atoms with Crippen LogP contribution in [0.3, 0.4) is 0 Å². The molecule has 3 aromatic rings. The minimum atomic E-state index is -1.02. The Morgan fingerprint density at radius 3 is 2.54 bits per heavy atom. The highest BCUT2D eigenvalue weighted by Crippen LogP contribution is 2.42. The monoisotopic (exact) mass is 372 g/mol. The van der Waals surface area contributed by atoms with E-state index in [4.69, 9.17) is 4.74 Å². The molecule has 0 spiro atoms. The number of ether oxygens (including phenoxy) is 1. The number of cyclic esters (lactones) is 1. The van der Waals surface area contributed by atoms with Crippen molar-refractivity contribution in [1.29, 1.82) is 0 Å². The topological polar surface area (TPSA) is 51.2 Å². The van der Waals surface area contributed by atoms with E-state index in [1.54, 1.807) is 37.3 Å². The molecule has 0 unspecified atom stereocenters. The van der Waals surface area contributed by atoms with Crippen molar-refractivity contribution < 1.29 is 13.9 Å². The molecule has 0 aliphatic carbocycles. The molecule has 138 valence electrons. The molecule has 4 nitrogen and oxygen atoms in total. The van der Waals surface area contributed by atoms with Crippen LogP contribution in [-0.2, 0) is 10.3 Å². The van der Waals surface area contributed by atoms with Gasteiger partial charge < -0.3 is 10.1 Å². The molecule has 2 aromatic carbocycles. The van der Waals surface area contributed by atoms with Crippen molar-refractivity contribution in [3.63, 3.8) is 0 Å². The Hall–Kier alpha value is -3.65.